The molecule has 84 valence electrons. The van der Waals surface area contributed by atoms with E-state index in [1.54, 1.807) is 17.6 Å². The molecule has 2 aromatic heterocycles. The van der Waals surface area contributed by atoms with Gasteiger partial charge < -0.3 is 10.2 Å². The first kappa shape index (κ1) is 14.5. The minimum atomic E-state index is 0. The van der Waals surface area contributed by atoms with Gasteiger partial charge in [-0.15, -0.1) is 36.2 Å². The van der Waals surface area contributed by atoms with Crippen LogP contribution in [-0.2, 0) is 6.42 Å². The summed E-state index contributed by atoms with van der Waals surface area (Å²) in [4.78, 5) is 4.39. The third-order valence-electron chi connectivity index (χ3n) is 1.68. The molecule has 3 nitrogen and oxygen atoms in total. The molecule has 15 heavy (non-hydrogen) atoms. The van der Waals surface area contributed by atoms with Crippen molar-refractivity contribution in [1.29, 1.82) is 0 Å². The van der Waals surface area contributed by atoms with E-state index in [0.29, 0.717) is 6.54 Å². The zero-order valence-electron chi connectivity index (χ0n) is 7.88. The van der Waals surface area contributed by atoms with Crippen molar-refractivity contribution in [2.45, 2.75) is 6.42 Å². The highest BCUT2D eigenvalue weighted by molar-refractivity contribution is 7.09. The Labute approximate surface area is 105 Å². The van der Waals surface area contributed by atoms with E-state index in [1.165, 1.54) is 0 Å². The maximum atomic E-state index is 5.43. The van der Waals surface area contributed by atoms with Crippen LogP contribution in [0.3, 0.4) is 0 Å². The molecule has 0 unspecified atom stereocenters. The van der Waals surface area contributed by atoms with Crippen LogP contribution >= 0.6 is 36.2 Å². The number of nitrogens with zero attached hydrogens (tertiary/aromatic N) is 1. The van der Waals surface area contributed by atoms with Crippen molar-refractivity contribution in [3.05, 3.63) is 28.8 Å². The molecule has 0 saturated carbocycles. The van der Waals surface area contributed by atoms with Gasteiger partial charge >= 0.3 is 0 Å². The normalized spacial score (nSPS) is 9.13. The number of rotatable bonds is 3. The van der Waals surface area contributed by atoms with Gasteiger partial charge in [-0.2, -0.15) is 0 Å². The molecule has 0 saturated heterocycles. The number of nitrogens with two attached hydrogens (primary N) is 1. The van der Waals surface area contributed by atoms with Crippen LogP contribution in [0.15, 0.2) is 28.2 Å². The lowest BCUT2D eigenvalue weighted by atomic mass is 10.3. The van der Waals surface area contributed by atoms with Crippen LogP contribution in [0.1, 0.15) is 5.01 Å². The molecule has 2 aromatic rings. The summed E-state index contributed by atoms with van der Waals surface area (Å²) in [6, 6.07) is 3.76. The molecule has 0 radical (unpaired) electrons. The molecule has 0 aliphatic heterocycles. The molecule has 0 amide bonds. The van der Waals surface area contributed by atoms with Crippen LogP contribution in [-0.4, -0.2) is 11.5 Å². The molecule has 2 N–H and O–H groups in total. The van der Waals surface area contributed by atoms with E-state index >= 15 is 0 Å². The van der Waals surface area contributed by atoms with Crippen molar-refractivity contribution < 1.29 is 4.42 Å². The average molecular weight is 267 g/mol. The maximum Gasteiger partial charge on any atom is 0.153 e. The maximum absolute atomic E-state index is 5.43. The molecule has 0 aromatic carbocycles. The fourth-order valence-electron chi connectivity index (χ4n) is 1.09. The van der Waals surface area contributed by atoms with Gasteiger partial charge in [0.2, 0.25) is 0 Å². The van der Waals surface area contributed by atoms with Gasteiger partial charge in [-0.3, -0.25) is 0 Å². The molecule has 0 atom stereocenters. The van der Waals surface area contributed by atoms with Gasteiger partial charge in [0.1, 0.15) is 5.69 Å². The van der Waals surface area contributed by atoms with Crippen LogP contribution in [0.25, 0.3) is 11.5 Å². The number of hydrogen-bond acceptors (Lipinski definition) is 4. The fourth-order valence-corrected chi connectivity index (χ4v) is 1.89. The molecule has 6 heteroatoms. The van der Waals surface area contributed by atoms with Crippen LogP contribution in [0.2, 0.25) is 0 Å². The largest absolute Gasteiger partial charge is 0.463 e. The van der Waals surface area contributed by atoms with E-state index in [-0.39, 0.29) is 24.8 Å². The molecule has 0 fully saturated rings. The average Bonchev–Trinajstić information content (AvgIpc) is 2.70. The summed E-state index contributed by atoms with van der Waals surface area (Å²) < 4.78 is 5.22. The van der Waals surface area contributed by atoms with Crippen molar-refractivity contribution in [3.8, 4) is 11.5 Å². The predicted octanol–water partition coefficient (Wildman–Crippen LogP) is 2.75. The van der Waals surface area contributed by atoms with Gasteiger partial charge in [-0.25, -0.2) is 4.98 Å². The number of thiazole rings is 1. The molecular formula is C9H12Cl2N2OS. The van der Waals surface area contributed by atoms with Gasteiger partial charge in [-0.05, 0) is 18.7 Å². The van der Waals surface area contributed by atoms with Crippen molar-refractivity contribution in [2.24, 2.45) is 5.73 Å². The molecular weight excluding hydrogens is 255 g/mol. The van der Waals surface area contributed by atoms with Crippen LogP contribution in [0.5, 0.6) is 0 Å². The minimum absolute atomic E-state index is 0. The first-order valence-corrected chi connectivity index (χ1v) is 4.96. The van der Waals surface area contributed by atoms with Crippen molar-refractivity contribution >= 4 is 36.2 Å². The summed E-state index contributed by atoms with van der Waals surface area (Å²) in [6.07, 6.45) is 2.49. The van der Waals surface area contributed by atoms with Crippen LogP contribution < -0.4 is 5.73 Å². The monoisotopic (exact) mass is 266 g/mol. The second-order valence-electron chi connectivity index (χ2n) is 2.64. The summed E-state index contributed by atoms with van der Waals surface area (Å²) in [7, 11) is 0. The Hall–Kier alpha value is -0.550. The summed E-state index contributed by atoms with van der Waals surface area (Å²) in [6.45, 7) is 0.644. The quantitative estimate of drug-likeness (QED) is 0.930. The second kappa shape index (κ2) is 6.85. The van der Waals surface area contributed by atoms with Gasteiger partial charge in [0.05, 0.1) is 11.3 Å². The highest BCUT2D eigenvalue weighted by Crippen LogP contribution is 2.21. The van der Waals surface area contributed by atoms with Crippen LogP contribution in [0.4, 0.5) is 0 Å². The topological polar surface area (TPSA) is 52.0 Å². The van der Waals surface area contributed by atoms with Crippen LogP contribution in [0, 0.1) is 0 Å². The van der Waals surface area contributed by atoms with Crippen molar-refractivity contribution in [1.82, 2.24) is 4.98 Å². The summed E-state index contributed by atoms with van der Waals surface area (Å²) in [5.74, 6) is 0.819. The van der Waals surface area contributed by atoms with Gasteiger partial charge in [0, 0.05) is 11.8 Å². The van der Waals surface area contributed by atoms with E-state index in [0.717, 1.165) is 22.9 Å². The zero-order chi connectivity index (χ0) is 9.10. The van der Waals surface area contributed by atoms with E-state index in [9.17, 15) is 0 Å². The van der Waals surface area contributed by atoms with Gasteiger partial charge in [-0.1, -0.05) is 0 Å². The zero-order valence-corrected chi connectivity index (χ0v) is 10.3. The minimum Gasteiger partial charge on any atom is -0.463 e. The SMILES string of the molecule is Cl.Cl.NCCc1nc(-c2ccco2)cs1. The lowest BCUT2D eigenvalue weighted by molar-refractivity contribution is 0.580. The summed E-state index contributed by atoms with van der Waals surface area (Å²) >= 11 is 1.62. The molecule has 2 heterocycles. The number of halogens is 2. The number of aromatic nitrogens is 1. The highest BCUT2D eigenvalue weighted by Gasteiger charge is 2.05. The Bertz CT molecular complexity index is 375. The van der Waals surface area contributed by atoms with Crippen molar-refractivity contribution in [2.75, 3.05) is 6.54 Å². The Morgan fingerprint density at radius 3 is 2.80 bits per heavy atom. The Morgan fingerprint density at radius 2 is 2.20 bits per heavy atom. The van der Waals surface area contributed by atoms with E-state index in [2.05, 4.69) is 4.98 Å². The summed E-state index contributed by atoms with van der Waals surface area (Å²) in [5, 5.41) is 3.05. The Kier molecular flexibility index (Phi) is 6.60. The lowest BCUT2D eigenvalue weighted by Gasteiger charge is -1.88. The van der Waals surface area contributed by atoms with E-state index in [4.69, 9.17) is 10.2 Å². The van der Waals surface area contributed by atoms with Gasteiger partial charge in [0.25, 0.3) is 0 Å². The van der Waals surface area contributed by atoms with E-state index < -0.39 is 0 Å². The van der Waals surface area contributed by atoms with Crippen molar-refractivity contribution in [3.63, 3.8) is 0 Å². The predicted molar refractivity (Wildman–Crippen MR) is 67.1 cm³/mol. The lowest BCUT2D eigenvalue weighted by Crippen LogP contribution is -2.01. The van der Waals surface area contributed by atoms with Gasteiger partial charge in [0.15, 0.2) is 5.76 Å². The first-order valence-electron chi connectivity index (χ1n) is 4.08. The third-order valence-corrected chi connectivity index (χ3v) is 2.59. The molecule has 0 spiro atoms. The Balaban J connectivity index is 0.000000980. The number of hydrogen-bond donors (Lipinski definition) is 1. The fraction of sp³-hybridized carbons (Fsp3) is 0.222. The summed E-state index contributed by atoms with van der Waals surface area (Å²) in [5.41, 5.74) is 6.33. The first-order chi connectivity index (χ1) is 6.40. The number of furan rings is 1. The molecule has 0 bridgehead atoms. The third kappa shape index (κ3) is 3.50. The Morgan fingerprint density at radius 1 is 1.40 bits per heavy atom. The smallest absolute Gasteiger partial charge is 0.153 e. The molecule has 2 rings (SSSR count). The highest BCUT2D eigenvalue weighted by atomic mass is 35.5. The molecule has 0 aliphatic rings. The molecule has 0 aliphatic carbocycles. The van der Waals surface area contributed by atoms with E-state index in [1.807, 2.05) is 17.5 Å². The standard InChI is InChI=1S/C9H10N2OS.2ClH/c10-4-3-9-11-7(6-13-9)8-2-1-5-12-8;;/h1-2,5-6H,3-4,10H2;2*1H. The second-order valence-corrected chi connectivity index (χ2v) is 3.59.